The lowest BCUT2D eigenvalue weighted by Crippen LogP contribution is -2.38. The van der Waals surface area contributed by atoms with Crippen LogP contribution in [-0.4, -0.2) is 6.04 Å². The SMILES string of the molecule is CC(C)(C)C1CCC(N)C(c2cc3ccccc3o2)C1. The van der Waals surface area contributed by atoms with Crippen molar-refractivity contribution < 1.29 is 4.42 Å². The number of rotatable bonds is 1. The Hall–Kier alpha value is -1.28. The third kappa shape index (κ3) is 2.49. The number of hydrogen-bond donors (Lipinski definition) is 1. The Balaban J connectivity index is 1.90. The first-order valence-corrected chi connectivity index (χ1v) is 7.69. The molecule has 0 saturated heterocycles. The predicted molar refractivity (Wildman–Crippen MR) is 83.7 cm³/mol. The van der Waals surface area contributed by atoms with Crippen LogP contribution in [0.25, 0.3) is 11.0 Å². The van der Waals surface area contributed by atoms with Crippen LogP contribution in [0.15, 0.2) is 34.7 Å². The molecule has 108 valence electrons. The zero-order valence-electron chi connectivity index (χ0n) is 12.7. The maximum Gasteiger partial charge on any atom is 0.134 e. The van der Waals surface area contributed by atoms with Gasteiger partial charge in [-0.25, -0.2) is 0 Å². The Labute approximate surface area is 121 Å². The summed E-state index contributed by atoms with van der Waals surface area (Å²) in [7, 11) is 0. The predicted octanol–water partition coefficient (Wildman–Crippen LogP) is 4.69. The van der Waals surface area contributed by atoms with Gasteiger partial charge in [-0.1, -0.05) is 39.0 Å². The van der Waals surface area contributed by atoms with Gasteiger partial charge in [0.05, 0.1) is 0 Å². The molecule has 20 heavy (non-hydrogen) atoms. The van der Waals surface area contributed by atoms with Crippen molar-refractivity contribution in [1.82, 2.24) is 0 Å². The van der Waals surface area contributed by atoms with Crippen LogP contribution in [-0.2, 0) is 0 Å². The van der Waals surface area contributed by atoms with Crippen LogP contribution < -0.4 is 5.73 Å². The topological polar surface area (TPSA) is 39.2 Å². The number of nitrogens with two attached hydrogens (primary N) is 1. The second-order valence-corrected chi connectivity index (χ2v) is 7.33. The molecule has 0 amide bonds. The summed E-state index contributed by atoms with van der Waals surface area (Å²) in [5.41, 5.74) is 7.71. The summed E-state index contributed by atoms with van der Waals surface area (Å²) in [6, 6.07) is 10.6. The van der Waals surface area contributed by atoms with Gasteiger partial charge in [-0.2, -0.15) is 0 Å². The van der Waals surface area contributed by atoms with Crippen molar-refractivity contribution >= 4 is 11.0 Å². The van der Waals surface area contributed by atoms with Crippen molar-refractivity contribution in [1.29, 1.82) is 0 Å². The molecule has 2 aromatic rings. The molecule has 0 radical (unpaired) electrons. The van der Waals surface area contributed by atoms with Gasteiger partial charge in [-0.3, -0.25) is 0 Å². The number of fused-ring (bicyclic) bond motifs is 1. The standard InChI is InChI=1S/C18H25NO/c1-18(2,3)13-8-9-15(19)14(11-13)17-10-12-6-4-5-7-16(12)20-17/h4-7,10,13-15H,8-9,11,19H2,1-3H3. The van der Waals surface area contributed by atoms with Gasteiger partial charge in [-0.15, -0.1) is 0 Å². The van der Waals surface area contributed by atoms with E-state index >= 15 is 0 Å². The highest BCUT2D eigenvalue weighted by Crippen LogP contribution is 2.44. The number of para-hydroxylation sites is 1. The molecule has 0 bridgehead atoms. The van der Waals surface area contributed by atoms with Crippen molar-refractivity contribution in [2.45, 2.75) is 52.0 Å². The first kappa shape index (κ1) is 13.7. The molecule has 1 aromatic carbocycles. The van der Waals surface area contributed by atoms with Gasteiger partial charge in [0.15, 0.2) is 0 Å². The lowest BCUT2D eigenvalue weighted by molar-refractivity contribution is 0.147. The Morgan fingerprint density at radius 1 is 1.15 bits per heavy atom. The maximum atomic E-state index is 6.38. The molecule has 1 heterocycles. The summed E-state index contributed by atoms with van der Waals surface area (Å²) in [5, 5.41) is 1.19. The van der Waals surface area contributed by atoms with Crippen molar-refractivity contribution in [2.75, 3.05) is 0 Å². The van der Waals surface area contributed by atoms with E-state index in [0.717, 1.165) is 30.1 Å². The van der Waals surface area contributed by atoms with E-state index in [1.54, 1.807) is 0 Å². The quantitative estimate of drug-likeness (QED) is 0.817. The Morgan fingerprint density at radius 3 is 2.60 bits per heavy atom. The highest BCUT2D eigenvalue weighted by molar-refractivity contribution is 5.77. The average molecular weight is 271 g/mol. The van der Waals surface area contributed by atoms with Crippen LogP contribution >= 0.6 is 0 Å². The molecular weight excluding hydrogens is 246 g/mol. The highest BCUT2D eigenvalue weighted by Gasteiger charge is 2.36. The molecule has 0 aliphatic heterocycles. The minimum Gasteiger partial charge on any atom is -0.461 e. The number of hydrogen-bond acceptors (Lipinski definition) is 2. The average Bonchev–Trinajstić information content (AvgIpc) is 2.81. The molecule has 3 unspecified atom stereocenters. The van der Waals surface area contributed by atoms with E-state index < -0.39 is 0 Å². The minimum atomic E-state index is 0.231. The van der Waals surface area contributed by atoms with E-state index in [0.29, 0.717) is 11.3 Å². The lowest BCUT2D eigenvalue weighted by atomic mass is 9.67. The van der Waals surface area contributed by atoms with Crippen LogP contribution in [0, 0.1) is 11.3 Å². The Kier molecular flexibility index (Phi) is 3.37. The summed E-state index contributed by atoms with van der Waals surface area (Å²) in [4.78, 5) is 0. The van der Waals surface area contributed by atoms with Crippen molar-refractivity contribution in [3.63, 3.8) is 0 Å². The minimum absolute atomic E-state index is 0.231. The van der Waals surface area contributed by atoms with E-state index in [9.17, 15) is 0 Å². The molecule has 2 nitrogen and oxygen atoms in total. The number of furan rings is 1. The normalized spacial score (nSPS) is 27.9. The van der Waals surface area contributed by atoms with Gasteiger partial charge in [0.25, 0.3) is 0 Å². The fraction of sp³-hybridized carbons (Fsp3) is 0.556. The van der Waals surface area contributed by atoms with Crippen molar-refractivity contribution in [3.05, 3.63) is 36.1 Å². The summed E-state index contributed by atoms with van der Waals surface area (Å²) in [5.74, 6) is 2.16. The van der Waals surface area contributed by atoms with Gasteiger partial charge in [-0.05, 0) is 42.7 Å². The first-order valence-electron chi connectivity index (χ1n) is 7.69. The molecule has 2 heteroatoms. The van der Waals surface area contributed by atoms with E-state index in [1.165, 1.54) is 11.8 Å². The van der Waals surface area contributed by atoms with Crippen molar-refractivity contribution in [3.8, 4) is 0 Å². The third-order valence-corrected chi connectivity index (χ3v) is 4.94. The molecule has 0 spiro atoms. The van der Waals surface area contributed by atoms with Crippen LogP contribution in [0.5, 0.6) is 0 Å². The van der Waals surface area contributed by atoms with Gasteiger partial charge in [0, 0.05) is 17.3 Å². The largest absolute Gasteiger partial charge is 0.461 e. The molecule has 3 rings (SSSR count). The van der Waals surface area contributed by atoms with Crippen LogP contribution in [0.3, 0.4) is 0 Å². The second kappa shape index (κ2) is 4.92. The number of benzene rings is 1. The van der Waals surface area contributed by atoms with Crippen LogP contribution in [0.1, 0.15) is 51.7 Å². The van der Waals surface area contributed by atoms with E-state index in [2.05, 4.69) is 39.0 Å². The smallest absolute Gasteiger partial charge is 0.134 e. The summed E-state index contributed by atoms with van der Waals surface area (Å²) in [6.07, 6.45) is 3.48. The maximum absolute atomic E-state index is 6.38. The lowest BCUT2D eigenvalue weighted by Gasteiger charge is -2.39. The molecule has 1 aromatic heterocycles. The van der Waals surface area contributed by atoms with Gasteiger partial charge in [0.2, 0.25) is 0 Å². The Morgan fingerprint density at radius 2 is 1.90 bits per heavy atom. The van der Waals surface area contributed by atoms with E-state index in [4.69, 9.17) is 10.2 Å². The third-order valence-electron chi connectivity index (χ3n) is 4.94. The molecule has 1 aliphatic carbocycles. The van der Waals surface area contributed by atoms with E-state index in [1.807, 2.05) is 12.1 Å². The fourth-order valence-electron chi connectivity index (χ4n) is 3.49. The van der Waals surface area contributed by atoms with Crippen molar-refractivity contribution in [2.24, 2.45) is 17.1 Å². The molecule has 3 atom stereocenters. The Bertz CT molecular complexity index is 560. The van der Waals surface area contributed by atoms with Crippen LogP contribution in [0.4, 0.5) is 0 Å². The van der Waals surface area contributed by atoms with Gasteiger partial charge >= 0.3 is 0 Å². The highest BCUT2D eigenvalue weighted by atomic mass is 16.3. The zero-order chi connectivity index (χ0) is 14.3. The molecule has 1 aliphatic rings. The van der Waals surface area contributed by atoms with Crippen LogP contribution in [0.2, 0.25) is 0 Å². The van der Waals surface area contributed by atoms with Gasteiger partial charge < -0.3 is 10.2 Å². The monoisotopic (exact) mass is 271 g/mol. The van der Waals surface area contributed by atoms with E-state index in [-0.39, 0.29) is 6.04 Å². The van der Waals surface area contributed by atoms with Gasteiger partial charge in [0.1, 0.15) is 11.3 Å². The molecular formula is C18H25NO. The first-order chi connectivity index (χ1) is 9.45. The second-order valence-electron chi connectivity index (χ2n) is 7.33. The molecule has 1 fully saturated rings. The molecule has 2 N–H and O–H groups in total. The molecule has 1 saturated carbocycles. The zero-order valence-corrected chi connectivity index (χ0v) is 12.7. The summed E-state index contributed by atoms with van der Waals surface area (Å²) >= 11 is 0. The summed E-state index contributed by atoms with van der Waals surface area (Å²) in [6.45, 7) is 7.01. The fourth-order valence-corrected chi connectivity index (χ4v) is 3.49. The summed E-state index contributed by atoms with van der Waals surface area (Å²) < 4.78 is 6.06.